The Morgan fingerprint density at radius 2 is 1.78 bits per heavy atom. The Morgan fingerprint density at radius 3 is 2.41 bits per heavy atom. The Kier molecular flexibility index (Phi) is 6.53. The van der Waals surface area contributed by atoms with Crippen LogP contribution in [0.2, 0.25) is 0 Å². The zero-order valence-electron chi connectivity index (χ0n) is 18.6. The van der Waals surface area contributed by atoms with Crippen molar-refractivity contribution in [3.8, 4) is 22.9 Å². The number of piperazine rings is 1. The van der Waals surface area contributed by atoms with Crippen LogP contribution in [0.1, 0.15) is 30.1 Å². The molecule has 3 aromatic rings. The van der Waals surface area contributed by atoms with Crippen LogP contribution < -0.4 is 14.4 Å². The van der Waals surface area contributed by atoms with Crippen LogP contribution in [-0.4, -0.2) is 65.3 Å². The number of anilines is 1. The fourth-order valence-corrected chi connectivity index (χ4v) is 3.63. The summed E-state index contributed by atoms with van der Waals surface area (Å²) in [6.07, 6.45) is 1.74. The van der Waals surface area contributed by atoms with Gasteiger partial charge in [-0.3, -0.25) is 4.79 Å². The van der Waals surface area contributed by atoms with Crippen LogP contribution in [0.4, 0.5) is 5.82 Å². The Labute approximate surface area is 187 Å². The number of rotatable bonds is 7. The second-order valence-electron chi connectivity index (χ2n) is 7.35. The quantitative estimate of drug-likeness (QED) is 0.556. The molecule has 1 fully saturated rings. The van der Waals surface area contributed by atoms with Crippen LogP contribution in [0.3, 0.4) is 0 Å². The molecule has 2 aromatic heterocycles. The van der Waals surface area contributed by atoms with Crippen molar-refractivity contribution in [1.29, 1.82) is 0 Å². The van der Waals surface area contributed by atoms with Crippen LogP contribution >= 0.6 is 0 Å². The summed E-state index contributed by atoms with van der Waals surface area (Å²) < 4.78 is 16.3. The maximum atomic E-state index is 13.0. The molecule has 9 nitrogen and oxygen atoms in total. The van der Waals surface area contributed by atoms with Crippen molar-refractivity contribution in [1.82, 2.24) is 20.0 Å². The molecule has 0 radical (unpaired) electrons. The molecule has 0 aliphatic carbocycles. The molecule has 1 aliphatic rings. The second kappa shape index (κ2) is 9.67. The number of hydrogen-bond acceptors (Lipinski definition) is 8. The van der Waals surface area contributed by atoms with E-state index in [0.29, 0.717) is 68.2 Å². The average Bonchev–Trinajstić information content (AvgIpc) is 3.26. The van der Waals surface area contributed by atoms with Gasteiger partial charge in [0.05, 0.1) is 13.2 Å². The highest BCUT2D eigenvalue weighted by atomic mass is 16.5. The molecule has 168 valence electrons. The van der Waals surface area contributed by atoms with Gasteiger partial charge in [0.2, 0.25) is 11.7 Å². The highest BCUT2D eigenvalue weighted by molar-refractivity contribution is 5.95. The van der Waals surface area contributed by atoms with E-state index in [2.05, 4.69) is 20.0 Å². The highest BCUT2D eigenvalue weighted by Gasteiger charge is 2.24. The van der Waals surface area contributed by atoms with Crippen LogP contribution in [0.5, 0.6) is 11.5 Å². The Morgan fingerprint density at radius 1 is 1.03 bits per heavy atom. The zero-order valence-corrected chi connectivity index (χ0v) is 18.6. The summed E-state index contributed by atoms with van der Waals surface area (Å²) in [5.41, 5.74) is 1.41. The van der Waals surface area contributed by atoms with Gasteiger partial charge in [-0.1, -0.05) is 5.16 Å². The van der Waals surface area contributed by atoms with Crippen molar-refractivity contribution in [2.75, 3.05) is 44.3 Å². The fraction of sp³-hybridized carbons (Fsp3) is 0.391. The molecule has 0 unspecified atom stereocenters. The van der Waals surface area contributed by atoms with Crippen molar-refractivity contribution in [2.24, 2.45) is 0 Å². The third-order valence-corrected chi connectivity index (χ3v) is 5.21. The summed E-state index contributed by atoms with van der Waals surface area (Å²) in [6, 6.07) is 9.23. The van der Waals surface area contributed by atoms with E-state index in [1.807, 2.05) is 30.9 Å². The molecule has 0 bridgehead atoms. The topological polar surface area (TPSA) is 93.8 Å². The van der Waals surface area contributed by atoms with E-state index < -0.39 is 0 Å². The molecule has 4 rings (SSSR count). The standard InChI is InChI=1S/C23H27N5O4/c1-4-30-19-8-6-17(14-20(19)31-5-2)23(29)28-12-10-27(11-13-28)21-9-7-18(15-24-21)22-25-16(3)32-26-22/h6-9,14-15H,4-5,10-13H2,1-3H3. The largest absolute Gasteiger partial charge is 0.490 e. The lowest BCUT2D eigenvalue weighted by Crippen LogP contribution is -2.49. The molecule has 1 saturated heterocycles. The molecule has 3 heterocycles. The van der Waals surface area contributed by atoms with Crippen LogP contribution in [0.15, 0.2) is 41.1 Å². The minimum absolute atomic E-state index is 0.00978. The molecule has 32 heavy (non-hydrogen) atoms. The van der Waals surface area contributed by atoms with Gasteiger partial charge in [0.25, 0.3) is 5.91 Å². The van der Waals surface area contributed by atoms with E-state index in [9.17, 15) is 4.79 Å². The molecule has 0 atom stereocenters. The van der Waals surface area contributed by atoms with Crippen LogP contribution in [-0.2, 0) is 0 Å². The fourth-order valence-electron chi connectivity index (χ4n) is 3.63. The van der Waals surface area contributed by atoms with Gasteiger partial charge in [-0.15, -0.1) is 0 Å². The third-order valence-electron chi connectivity index (χ3n) is 5.21. The van der Waals surface area contributed by atoms with Crippen molar-refractivity contribution < 1.29 is 18.8 Å². The van der Waals surface area contributed by atoms with Gasteiger partial charge < -0.3 is 23.8 Å². The number of nitrogens with zero attached hydrogens (tertiary/aromatic N) is 5. The summed E-state index contributed by atoms with van der Waals surface area (Å²) in [5, 5.41) is 3.92. The van der Waals surface area contributed by atoms with E-state index in [1.54, 1.807) is 31.3 Å². The van der Waals surface area contributed by atoms with Gasteiger partial charge in [0.1, 0.15) is 5.82 Å². The van der Waals surface area contributed by atoms with Crippen molar-refractivity contribution in [3.05, 3.63) is 48.0 Å². The smallest absolute Gasteiger partial charge is 0.254 e. The summed E-state index contributed by atoms with van der Waals surface area (Å²) in [5.74, 6) is 3.15. The number of aromatic nitrogens is 3. The Bertz CT molecular complexity index is 1060. The predicted octanol–water partition coefficient (Wildman–Crippen LogP) is 3.20. The molecule has 0 spiro atoms. The van der Waals surface area contributed by atoms with Gasteiger partial charge in [-0.05, 0) is 44.2 Å². The predicted molar refractivity (Wildman–Crippen MR) is 119 cm³/mol. The maximum absolute atomic E-state index is 13.0. The first-order valence-corrected chi connectivity index (χ1v) is 10.8. The number of carbonyl (C=O) groups excluding carboxylic acids is 1. The minimum Gasteiger partial charge on any atom is -0.490 e. The van der Waals surface area contributed by atoms with E-state index in [4.69, 9.17) is 14.0 Å². The first-order chi connectivity index (χ1) is 15.6. The molecule has 9 heteroatoms. The summed E-state index contributed by atoms with van der Waals surface area (Å²) >= 11 is 0. The van der Waals surface area contributed by atoms with Crippen LogP contribution in [0, 0.1) is 6.92 Å². The number of pyridine rings is 1. The van der Waals surface area contributed by atoms with Gasteiger partial charge in [-0.2, -0.15) is 4.98 Å². The Balaban J connectivity index is 1.39. The van der Waals surface area contributed by atoms with E-state index >= 15 is 0 Å². The summed E-state index contributed by atoms with van der Waals surface area (Å²) in [4.78, 5) is 25.8. The first-order valence-electron chi connectivity index (χ1n) is 10.8. The van der Waals surface area contributed by atoms with Crippen LogP contribution in [0.25, 0.3) is 11.4 Å². The first kappa shape index (κ1) is 21.6. The maximum Gasteiger partial charge on any atom is 0.254 e. The van der Waals surface area contributed by atoms with E-state index in [1.165, 1.54) is 0 Å². The number of ether oxygens (including phenoxy) is 2. The van der Waals surface area contributed by atoms with E-state index in [-0.39, 0.29) is 5.91 Å². The summed E-state index contributed by atoms with van der Waals surface area (Å²) in [7, 11) is 0. The van der Waals surface area contributed by atoms with Gasteiger partial charge >= 0.3 is 0 Å². The molecule has 0 N–H and O–H groups in total. The van der Waals surface area contributed by atoms with Crippen molar-refractivity contribution in [2.45, 2.75) is 20.8 Å². The minimum atomic E-state index is -0.00978. The van der Waals surface area contributed by atoms with Gasteiger partial charge in [-0.25, -0.2) is 4.98 Å². The van der Waals surface area contributed by atoms with Gasteiger partial charge in [0, 0.05) is 50.4 Å². The van der Waals surface area contributed by atoms with E-state index in [0.717, 1.165) is 11.4 Å². The Hall–Kier alpha value is -3.62. The number of benzene rings is 1. The molecular weight excluding hydrogens is 410 g/mol. The van der Waals surface area contributed by atoms with Gasteiger partial charge in [0.15, 0.2) is 11.5 Å². The number of hydrogen-bond donors (Lipinski definition) is 0. The highest BCUT2D eigenvalue weighted by Crippen LogP contribution is 2.29. The summed E-state index contributed by atoms with van der Waals surface area (Å²) in [6.45, 7) is 9.27. The number of amides is 1. The second-order valence-corrected chi connectivity index (χ2v) is 7.35. The number of carbonyl (C=O) groups is 1. The monoisotopic (exact) mass is 437 g/mol. The normalized spacial score (nSPS) is 13.8. The SMILES string of the molecule is CCOc1ccc(C(=O)N2CCN(c3ccc(-c4noc(C)n4)cn3)CC2)cc1OCC. The number of aryl methyl sites for hydroxylation is 1. The third kappa shape index (κ3) is 4.66. The zero-order chi connectivity index (χ0) is 22.5. The molecular formula is C23H27N5O4. The lowest BCUT2D eigenvalue weighted by atomic mass is 10.1. The molecule has 1 aliphatic heterocycles. The lowest BCUT2D eigenvalue weighted by Gasteiger charge is -2.35. The lowest BCUT2D eigenvalue weighted by molar-refractivity contribution is 0.0746. The molecule has 1 amide bonds. The van der Waals surface area contributed by atoms with Crippen molar-refractivity contribution >= 4 is 11.7 Å². The average molecular weight is 438 g/mol. The van der Waals surface area contributed by atoms with Crippen molar-refractivity contribution in [3.63, 3.8) is 0 Å². The molecule has 1 aromatic carbocycles. The molecule has 0 saturated carbocycles.